The molecule has 0 bridgehead atoms. The first-order valence-corrected chi connectivity index (χ1v) is 7.34. The maximum Gasteiger partial charge on any atom is 0.161 e. The summed E-state index contributed by atoms with van der Waals surface area (Å²) in [6.07, 6.45) is 2.58. The van der Waals surface area contributed by atoms with E-state index in [1.165, 1.54) is 18.4 Å². The minimum absolute atomic E-state index is 0.170. The van der Waals surface area contributed by atoms with Gasteiger partial charge in [-0.05, 0) is 70.3 Å². The number of hydrogen-bond acceptors (Lipinski definition) is 3. The first-order chi connectivity index (χ1) is 9.20. The highest BCUT2D eigenvalue weighted by Crippen LogP contribution is 2.34. The lowest BCUT2D eigenvalue weighted by Gasteiger charge is -2.24. The molecule has 1 aliphatic heterocycles. The molecule has 1 heterocycles. The molecule has 1 N–H and O–H groups in total. The molecule has 2 rings (SSSR count). The Labute approximate surface area is 116 Å². The topological polar surface area (TPSA) is 30.5 Å². The predicted molar refractivity (Wildman–Crippen MR) is 78.2 cm³/mol. The number of hydrogen-bond donors (Lipinski definition) is 1. The van der Waals surface area contributed by atoms with Gasteiger partial charge in [0.05, 0.1) is 12.7 Å². The fourth-order valence-corrected chi connectivity index (χ4v) is 2.55. The first-order valence-electron chi connectivity index (χ1n) is 7.34. The van der Waals surface area contributed by atoms with Gasteiger partial charge in [0.1, 0.15) is 0 Å². The van der Waals surface area contributed by atoms with E-state index in [0.717, 1.165) is 24.6 Å². The van der Waals surface area contributed by atoms with Crippen LogP contribution in [0.3, 0.4) is 0 Å². The second-order valence-corrected chi connectivity index (χ2v) is 5.33. The second-order valence-electron chi connectivity index (χ2n) is 5.33. The predicted octanol–water partition coefficient (Wildman–Crippen LogP) is 3.34. The Hall–Kier alpha value is -1.22. The summed E-state index contributed by atoms with van der Waals surface area (Å²) in [4.78, 5) is 0. The highest BCUT2D eigenvalue weighted by molar-refractivity contribution is 5.44. The van der Waals surface area contributed by atoms with E-state index in [-0.39, 0.29) is 6.10 Å². The lowest BCUT2D eigenvalue weighted by molar-refractivity contribution is 0.223. The molecule has 0 radical (unpaired) electrons. The molecule has 0 atom stereocenters. The Morgan fingerprint density at radius 3 is 2.58 bits per heavy atom. The summed E-state index contributed by atoms with van der Waals surface area (Å²) >= 11 is 0. The molecule has 19 heavy (non-hydrogen) atoms. The summed E-state index contributed by atoms with van der Waals surface area (Å²) in [6.45, 7) is 8.98. The third-order valence-electron chi connectivity index (χ3n) is 3.44. The Kier molecular flexibility index (Phi) is 5.08. The smallest absolute Gasteiger partial charge is 0.161 e. The Balaban J connectivity index is 2.19. The Morgan fingerprint density at radius 1 is 1.21 bits per heavy atom. The third-order valence-corrected chi connectivity index (χ3v) is 3.44. The molecule has 0 saturated carbocycles. The molecule has 3 heteroatoms. The monoisotopic (exact) mass is 263 g/mol. The molecule has 0 aliphatic carbocycles. The van der Waals surface area contributed by atoms with Crippen molar-refractivity contribution >= 4 is 0 Å². The van der Waals surface area contributed by atoms with Crippen molar-refractivity contribution in [1.82, 2.24) is 5.32 Å². The Bertz CT molecular complexity index is 398. The zero-order valence-corrected chi connectivity index (χ0v) is 12.2. The van der Waals surface area contributed by atoms with Gasteiger partial charge >= 0.3 is 0 Å². The molecule has 3 nitrogen and oxygen atoms in total. The number of rotatable bonds is 5. The van der Waals surface area contributed by atoms with Crippen LogP contribution in [0.2, 0.25) is 0 Å². The van der Waals surface area contributed by atoms with Crippen LogP contribution in [-0.2, 0) is 0 Å². The standard InChI is InChI=1S/C16H25NO2/c1-4-18-16-11-14(13-7-9-17-10-8-13)5-6-15(16)19-12(2)3/h5-6,11-13,17H,4,7-10H2,1-3H3. The summed E-state index contributed by atoms with van der Waals surface area (Å²) in [5.74, 6) is 2.38. The maximum absolute atomic E-state index is 5.80. The van der Waals surface area contributed by atoms with Crippen LogP contribution in [0, 0.1) is 0 Å². The molecule has 1 saturated heterocycles. The van der Waals surface area contributed by atoms with Gasteiger partial charge in [0.25, 0.3) is 0 Å². The molecule has 106 valence electrons. The van der Waals surface area contributed by atoms with Crippen LogP contribution in [0.5, 0.6) is 11.5 Å². The van der Waals surface area contributed by atoms with Crippen molar-refractivity contribution in [2.24, 2.45) is 0 Å². The first kappa shape index (κ1) is 14.2. The van der Waals surface area contributed by atoms with Crippen LogP contribution < -0.4 is 14.8 Å². The molecule has 0 unspecified atom stereocenters. The maximum atomic E-state index is 5.80. The number of benzene rings is 1. The highest BCUT2D eigenvalue weighted by atomic mass is 16.5. The van der Waals surface area contributed by atoms with Crippen molar-refractivity contribution in [1.29, 1.82) is 0 Å². The van der Waals surface area contributed by atoms with Crippen LogP contribution >= 0.6 is 0 Å². The van der Waals surface area contributed by atoms with Crippen molar-refractivity contribution in [3.05, 3.63) is 23.8 Å². The van der Waals surface area contributed by atoms with E-state index >= 15 is 0 Å². The second kappa shape index (κ2) is 6.80. The molecular weight excluding hydrogens is 238 g/mol. The van der Waals surface area contributed by atoms with Gasteiger partial charge in [0, 0.05) is 0 Å². The minimum atomic E-state index is 0.170. The largest absolute Gasteiger partial charge is 0.490 e. The van der Waals surface area contributed by atoms with Crippen LogP contribution in [0.4, 0.5) is 0 Å². The summed E-state index contributed by atoms with van der Waals surface area (Å²) in [5, 5.41) is 3.41. The van der Waals surface area contributed by atoms with Crippen molar-refractivity contribution in [2.75, 3.05) is 19.7 Å². The van der Waals surface area contributed by atoms with Crippen LogP contribution in [0.25, 0.3) is 0 Å². The lowest BCUT2D eigenvalue weighted by Crippen LogP contribution is -2.26. The number of ether oxygens (including phenoxy) is 2. The summed E-state index contributed by atoms with van der Waals surface area (Å²) in [5.41, 5.74) is 1.38. The average Bonchev–Trinajstić information content (AvgIpc) is 2.41. The van der Waals surface area contributed by atoms with Crippen molar-refractivity contribution in [3.63, 3.8) is 0 Å². The molecule has 0 amide bonds. The molecule has 1 aromatic rings. The zero-order valence-electron chi connectivity index (χ0n) is 12.2. The van der Waals surface area contributed by atoms with E-state index in [1.807, 2.05) is 20.8 Å². The quantitative estimate of drug-likeness (QED) is 0.884. The number of nitrogens with one attached hydrogen (secondary N) is 1. The van der Waals surface area contributed by atoms with Crippen LogP contribution in [-0.4, -0.2) is 25.8 Å². The number of piperidine rings is 1. The molecule has 0 spiro atoms. The minimum Gasteiger partial charge on any atom is -0.490 e. The van der Waals surface area contributed by atoms with Gasteiger partial charge in [-0.25, -0.2) is 0 Å². The van der Waals surface area contributed by atoms with Gasteiger partial charge in [-0.1, -0.05) is 6.07 Å². The molecule has 1 aliphatic rings. The zero-order chi connectivity index (χ0) is 13.7. The van der Waals surface area contributed by atoms with E-state index in [4.69, 9.17) is 9.47 Å². The van der Waals surface area contributed by atoms with Gasteiger partial charge in [-0.2, -0.15) is 0 Å². The van der Waals surface area contributed by atoms with Gasteiger partial charge in [0.15, 0.2) is 11.5 Å². The van der Waals surface area contributed by atoms with Gasteiger partial charge in [-0.15, -0.1) is 0 Å². The van der Waals surface area contributed by atoms with Crippen molar-refractivity contribution in [2.45, 2.75) is 45.6 Å². The fraction of sp³-hybridized carbons (Fsp3) is 0.625. The van der Waals surface area contributed by atoms with E-state index in [2.05, 4.69) is 23.5 Å². The summed E-state index contributed by atoms with van der Waals surface area (Å²) < 4.78 is 11.5. The van der Waals surface area contributed by atoms with E-state index in [0.29, 0.717) is 12.5 Å². The summed E-state index contributed by atoms with van der Waals surface area (Å²) in [6, 6.07) is 6.41. The van der Waals surface area contributed by atoms with Gasteiger partial charge in [-0.3, -0.25) is 0 Å². The van der Waals surface area contributed by atoms with E-state index < -0.39 is 0 Å². The van der Waals surface area contributed by atoms with Gasteiger partial charge < -0.3 is 14.8 Å². The normalized spacial score (nSPS) is 16.6. The van der Waals surface area contributed by atoms with E-state index in [1.54, 1.807) is 0 Å². The lowest BCUT2D eigenvalue weighted by atomic mass is 9.90. The Morgan fingerprint density at radius 2 is 1.95 bits per heavy atom. The average molecular weight is 263 g/mol. The SMILES string of the molecule is CCOc1cc(C2CCNCC2)ccc1OC(C)C. The molecule has 1 fully saturated rings. The van der Waals surface area contributed by atoms with Crippen LogP contribution in [0.15, 0.2) is 18.2 Å². The summed E-state index contributed by atoms with van der Waals surface area (Å²) in [7, 11) is 0. The molecule has 0 aromatic heterocycles. The molecule has 1 aromatic carbocycles. The molecular formula is C16H25NO2. The van der Waals surface area contributed by atoms with E-state index in [9.17, 15) is 0 Å². The highest BCUT2D eigenvalue weighted by Gasteiger charge is 2.17. The third kappa shape index (κ3) is 3.87. The van der Waals surface area contributed by atoms with Crippen LogP contribution in [0.1, 0.15) is 45.1 Å². The van der Waals surface area contributed by atoms with Crippen molar-refractivity contribution < 1.29 is 9.47 Å². The van der Waals surface area contributed by atoms with Crippen molar-refractivity contribution in [3.8, 4) is 11.5 Å². The fourth-order valence-electron chi connectivity index (χ4n) is 2.55. The van der Waals surface area contributed by atoms with Gasteiger partial charge in [0.2, 0.25) is 0 Å².